The molecule has 0 fully saturated rings. The first-order valence-electron chi connectivity index (χ1n) is 17.0. The Balaban J connectivity index is 1.19. The maximum absolute atomic E-state index is 11.3. The third-order valence-electron chi connectivity index (χ3n) is 8.76. The average Bonchev–Trinajstić information content (AvgIpc) is 3.96. The van der Waals surface area contributed by atoms with Gasteiger partial charge in [-0.3, -0.25) is 5.01 Å². The van der Waals surface area contributed by atoms with Crippen molar-refractivity contribution in [2.45, 2.75) is 52.0 Å². The number of unbranched alkanes of at least 4 members (excludes halogenated alkanes) is 3. The first-order valence-corrected chi connectivity index (χ1v) is 19.5. The summed E-state index contributed by atoms with van der Waals surface area (Å²) in [6.07, 6.45) is 6.70. The molecule has 1 unspecified atom stereocenters. The van der Waals surface area contributed by atoms with Crippen molar-refractivity contribution in [1.29, 1.82) is 5.26 Å². The highest BCUT2D eigenvalue weighted by Crippen LogP contribution is 2.43. The van der Waals surface area contributed by atoms with Gasteiger partial charge < -0.3 is 9.84 Å². The third-order valence-corrected chi connectivity index (χ3v) is 12.2. The molecule has 1 aliphatic rings. The van der Waals surface area contributed by atoms with Gasteiger partial charge in [-0.2, -0.15) is 10.4 Å². The van der Waals surface area contributed by atoms with E-state index in [1.165, 1.54) is 40.5 Å². The van der Waals surface area contributed by atoms with Gasteiger partial charge in [-0.1, -0.05) is 50.5 Å². The van der Waals surface area contributed by atoms with Crippen molar-refractivity contribution in [3.8, 4) is 32.1 Å². The van der Waals surface area contributed by atoms with E-state index in [1.54, 1.807) is 28.7 Å². The first-order chi connectivity index (χ1) is 24.9. The van der Waals surface area contributed by atoms with E-state index in [4.69, 9.17) is 14.8 Å². The highest BCUT2D eigenvalue weighted by molar-refractivity contribution is 7.23. The summed E-state index contributed by atoms with van der Waals surface area (Å²) in [5.41, 5.74) is 6.13. The van der Waals surface area contributed by atoms with Crippen molar-refractivity contribution < 1.29 is 14.6 Å². The second-order valence-electron chi connectivity index (χ2n) is 12.4. The second kappa shape index (κ2) is 15.4. The zero-order valence-corrected chi connectivity index (χ0v) is 30.8. The highest BCUT2D eigenvalue weighted by Gasteiger charge is 2.33. The third kappa shape index (κ3) is 7.66. The number of fused-ring (bicyclic) bond motifs is 1. The van der Waals surface area contributed by atoms with Crippen LogP contribution in [0.4, 0.5) is 5.69 Å². The topological polar surface area (TPSA) is 98.8 Å². The SMILES string of the molecule is CCCCCCOc1ccccc1C1CC(c2ccc(-c3ccc(/C=C(\C#N)C(=O)O)s3)s2)=NN1c1ccc(-c2nc3ccc(C)cc3s2)cc1. The Kier molecular flexibility index (Phi) is 10.4. The number of carboxylic acids is 1. The predicted octanol–water partition coefficient (Wildman–Crippen LogP) is 11.4. The number of nitrogens with zero attached hydrogens (tertiary/aromatic N) is 4. The van der Waals surface area contributed by atoms with Crippen LogP contribution in [-0.4, -0.2) is 28.4 Å². The molecule has 3 aromatic carbocycles. The number of carbonyl (C=O) groups is 1. The molecular weight excluding hydrogens is 693 g/mol. The molecule has 1 aliphatic heterocycles. The lowest BCUT2D eigenvalue weighted by molar-refractivity contribution is -0.132. The molecule has 0 saturated heterocycles. The molecule has 4 heterocycles. The number of aryl methyl sites for hydroxylation is 1. The van der Waals surface area contributed by atoms with Gasteiger partial charge in [-0.25, -0.2) is 9.78 Å². The number of rotatable bonds is 13. The summed E-state index contributed by atoms with van der Waals surface area (Å²) in [4.78, 5) is 20.1. The molecule has 0 radical (unpaired) electrons. The zero-order valence-electron chi connectivity index (χ0n) is 28.3. The number of hydrogen-bond acceptors (Lipinski definition) is 9. The average molecular weight is 729 g/mol. The summed E-state index contributed by atoms with van der Waals surface area (Å²) >= 11 is 4.83. The van der Waals surface area contributed by atoms with Crippen LogP contribution in [0.25, 0.3) is 36.6 Å². The predicted molar refractivity (Wildman–Crippen MR) is 211 cm³/mol. The molecular formula is C41H36N4O3S3. The van der Waals surface area contributed by atoms with Gasteiger partial charge in [0.15, 0.2) is 0 Å². The summed E-state index contributed by atoms with van der Waals surface area (Å²) in [6, 6.07) is 32.9. The van der Waals surface area contributed by atoms with Crippen LogP contribution in [0.3, 0.4) is 0 Å². The number of aromatic nitrogens is 1. The van der Waals surface area contributed by atoms with E-state index in [0.717, 1.165) is 71.2 Å². The maximum Gasteiger partial charge on any atom is 0.346 e. The van der Waals surface area contributed by atoms with E-state index in [9.17, 15) is 15.2 Å². The molecule has 0 bridgehead atoms. The number of ether oxygens (including phenoxy) is 1. The van der Waals surface area contributed by atoms with Gasteiger partial charge in [-0.05, 0) is 91.7 Å². The Bertz CT molecular complexity index is 2290. The number of thiazole rings is 1. The molecule has 7 rings (SSSR count). The second-order valence-corrected chi connectivity index (χ2v) is 15.7. The zero-order chi connectivity index (χ0) is 35.3. The van der Waals surface area contributed by atoms with Crippen molar-refractivity contribution in [2.75, 3.05) is 11.6 Å². The van der Waals surface area contributed by atoms with Gasteiger partial charge in [0.25, 0.3) is 0 Å². The van der Waals surface area contributed by atoms with Gasteiger partial charge in [0, 0.05) is 32.2 Å². The van der Waals surface area contributed by atoms with Gasteiger partial charge in [0.1, 0.15) is 22.4 Å². The summed E-state index contributed by atoms with van der Waals surface area (Å²) in [5.74, 6) is -0.333. The van der Waals surface area contributed by atoms with Gasteiger partial charge in [-0.15, -0.1) is 34.0 Å². The summed E-state index contributed by atoms with van der Waals surface area (Å²) in [6.45, 7) is 5.00. The lowest BCUT2D eigenvalue weighted by Gasteiger charge is -2.26. The molecule has 0 spiro atoms. The van der Waals surface area contributed by atoms with Crippen LogP contribution < -0.4 is 9.75 Å². The number of para-hydroxylation sites is 1. The normalized spacial score (nSPS) is 14.5. The number of thiophene rings is 2. The Morgan fingerprint density at radius 3 is 2.55 bits per heavy atom. The number of hydrogen-bond donors (Lipinski definition) is 1. The molecule has 0 aliphatic carbocycles. The van der Waals surface area contributed by atoms with Crippen LogP contribution in [0.1, 0.15) is 66.0 Å². The Labute approximate surface area is 309 Å². The smallest absolute Gasteiger partial charge is 0.346 e. The van der Waals surface area contributed by atoms with Crippen LogP contribution in [0.15, 0.2) is 102 Å². The molecule has 1 N–H and O–H groups in total. The van der Waals surface area contributed by atoms with E-state index >= 15 is 0 Å². The fourth-order valence-electron chi connectivity index (χ4n) is 6.12. The van der Waals surface area contributed by atoms with Crippen LogP contribution in [0, 0.1) is 18.3 Å². The minimum Gasteiger partial charge on any atom is -0.493 e. The van der Waals surface area contributed by atoms with Gasteiger partial charge in [0.05, 0.1) is 39.1 Å². The van der Waals surface area contributed by atoms with Crippen molar-refractivity contribution in [3.63, 3.8) is 0 Å². The Hall–Kier alpha value is -5.08. The molecule has 7 nitrogen and oxygen atoms in total. The van der Waals surface area contributed by atoms with Crippen molar-refractivity contribution in [1.82, 2.24) is 4.98 Å². The standard InChI is InChI=1S/C41H36N4O3S3/c1-3-4-5-8-21-48-35-10-7-6-9-31(35)34-24-33(36-19-20-38(50-36)37-18-16-30(49-37)23-28(25-42)41(46)47)44-45(34)29-14-12-27(13-15-29)40-43-32-17-11-26(2)22-39(32)51-40/h6-7,9-20,22-23,34H,3-5,8,21,24H2,1-2H3,(H,46,47)/b28-23+. The number of hydrazone groups is 1. The lowest BCUT2D eigenvalue weighted by Crippen LogP contribution is -2.19. The molecule has 256 valence electrons. The quantitative estimate of drug-likeness (QED) is 0.0722. The first kappa shape index (κ1) is 34.4. The Morgan fingerprint density at radius 1 is 0.961 bits per heavy atom. The van der Waals surface area contributed by atoms with Crippen molar-refractivity contribution in [2.24, 2.45) is 5.10 Å². The summed E-state index contributed by atoms with van der Waals surface area (Å²) in [7, 11) is 0. The largest absolute Gasteiger partial charge is 0.493 e. The van der Waals surface area contributed by atoms with Crippen LogP contribution in [0.5, 0.6) is 5.75 Å². The van der Waals surface area contributed by atoms with E-state index < -0.39 is 5.97 Å². The fraction of sp³-hybridized carbons (Fsp3) is 0.220. The van der Waals surface area contributed by atoms with Crippen LogP contribution >= 0.6 is 34.0 Å². The molecule has 1 atom stereocenters. The fourth-order valence-corrected chi connectivity index (χ4v) is 9.23. The molecule has 3 aromatic heterocycles. The van der Waals surface area contributed by atoms with E-state index in [1.807, 2.05) is 18.2 Å². The lowest BCUT2D eigenvalue weighted by atomic mass is 9.99. The number of carboxylic acid groups (broad SMARTS) is 1. The van der Waals surface area contributed by atoms with Crippen molar-refractivity contribution >= 4 is 67.7 Å². The highest BCUT2D eigenvalue weighted by atomic mass is 32.1. The number of benzene rings is 3. The molecule has 10 heteroatoms. The minimum absolute atomic E-state index is 0.0624. The van der Waals surface area contributed by atoms with E-state index in [-0.39, 0.29) is 11.6 Å². The Morgan fingerprint density at radius 2 is 1.75 bits per heavy atom. The van der Waals surface area contributed by atoms with Gasteiger partial charge >= 0.3 is 5.97 Å². The van der Waals surface area contributed by atoms with Crippen LogP contribution in [-0.2, 0) is 4.79 Å². The summed E-state index contributed by atoms with van der Waals surface area (Å²) in [5, 5.41) is 26.8. The molecule has 6 aromatic rings. The van der Waals surface area contributed by atoms with E-state index in [0.29, 0.717) is 13.0 Å². The van der Waals surface area contributed by atoms with E-state index in [2.05, 4.69) is 91.7 Å². The molecule has 0 amide bonds. The minimum atomic E-state index is -1.23. The number of aliphatic carboxylic acids is 1. The van der Waals surface area contributed by atoms with Crippen LogP contribution in [0.2, 0.25) is 0 Å². The van der Waals surface area contributed by atoms with Crippen molar-refractivity contribution in [3.05, 3.63) is 117 Å². The monoisotopic (exact) mass is 728 g/mol. The maximum atomic E-state index is 11.3. The van der Waals surface area contributed by atoms with Gasteiger partial charge in [0.2, 0.25) is 0 Å². The summed E-state index contributed by atoms with van der Waals surface area (Å²) < 4.78 is 7.59. The number of nitriles is 1. The number of anilines is 1. The molecule has 0 saturated carbocycles. The molecule has 51 heavy (non-hydrogen) atoms.